The average molecular weight is 282 g/mol. The van der Waals surface area contributed by atoms with Gasteiger partial charge in [-0.25, -0.2) is 4.79 Å². The van der Waals surface area contributed by atoms with Gasteiger partial charge in [0.25, 0.3) is 5.91 Å². The Balaban J connectivity index is 2.95. The number of phenols is 1. The van der Waals surface area contributed by atoms with E-state index in [0.29, 0.717) is 0 Å². The molecular weight excluding hydrogens is 268 g/mol. The van der Waals surface area contributed by atoms with Crippen LogP contribution >= 0.6 is 0 Å². The van der Waals surface area contributed by atoms with Gasteiger partial charge in [-0.05, 0) is 12.1 Å². The third kappa shape index (κ3) is 3.61. The molecule has 108 valence electrons. The highest BCUT2D eigenvalue weighted by Gasteiger charge is 2.24. The van der Waals surface area contributed by atoms with E-state index < -0.39 is 36.0 Å². The fourth-order valence-electron chi connectivity index (χ4n) is 1.51. The normalized spacial score (nSPS) is 11.4. The molecule has 0 aliphatic carbocycles. The number of rotatable bonds is 6. The van der Waals surface area contributed by atoms with Gasteiger partial charge in [0.2, 0.25) is 5.91 Å². The smallest absolute Gasteiger partial charge is 0.326 e. The zero-order valence-corrected chi connectivity index (χ0v) is 10.6. The van der Waals surface area contributed by atoms with Gasteiger partial charge < -0.3 is 26.0 Å². The molecule has 5 N–H and O–H groups in total. The number of methoxy groups -OCH3 is 1. The van der Waals surface area contributed by atoms with Crippen LogP contribution in [0.2, 0.25) is 0 Å². The van der Waals surface area contributed by atoms with E-state index in [4.69, 9.17) is 15.6 Å². The summed E-state index contributed by atoms with van der Waals surface area (Å²) >= 11 is 0. The number of carbonyl (C=O) groups excluding carboxylic acids is 2. The summed E-state index contributed by atoms with van der Waals surface area (Å²) in [6.45, 7) is 0. The molecule has 8 nitrogen and oxygen atoms in total. The number of nitrogens with two attached hydrogens (primary N) is 1. The summed E-state index contributed by atoms with van der Waals surface area (Å²) < 4.78 is 4.83. The Labute approximate surface area is 114 Å². The average Bonchev–Trinajstić information content (AvgIpc) is 2.37. The largest absolute Gasteiger partial charge is 0.504 e. The SMILES string of the molecule is COc1cccc(C(=O)N[C@@H](CC(N)=O)C(=O)O)c1O. The zero-order valence-electron chi connectivity index (χ0n) is 10.6. The molecule has 0 bridgehead atoms. The second-order valence-electron chi connectivity index (χ2n) is 3.89. The molecule has 0 heterocycles. The maximum Gasteiger partial charge on any atom is 0.326 e. The molecule has 0 radical (unpaired) electrons. The number of aromatic hydroxyl groups is 1. The molecule has 0 aliphatic heterocycles. The first-order valence-corrected chi connectivity index (χ1v) is 5.54. The number of phenolic OH excluding ortho intramolecular Hbond substituents is 1. The standard InChI is InChI=1S/C12H14N2O6/c1-20-8-4-2-3-6(10(8)16)11(17)14-7(12(18)19)5-9(13)15/h2-4,7,16H,5H2,1H3,(H2,13,15)(H,14,17)(H,18,19)/t7-/m0/s1. The fraction of sp³-hybridized carbons (Fsp3) is 0.250. The van der Waals surface area contributed by atoms with E-state index >= 15 is 0 Å². The first-order chi connectivity index (χ1) is 9.36. The van der Waals surface area contributed by atoms with Gasteiger partial charge in [-0.1, -0.05) is 6.07 Å². The number of hydrogen-bond donors (Lipinski definition) is 4. The Morgan fingerprint density at radius 1 is 1.40 bits per heavy atom. The minimum Gasteiger partial charge on any atom is -0.504 e. The number of amides is 2. The molecule has 0 spiro atoms. The Morgan fingerprint density at radius 3 is 2.55 bits per heavy atom. The van der Waals surface area contributed by atoms with Crippen LogP contribution in [0.4, 0.5) is 0 Å². The summed E-state index contributed by atoms with van der Waals surface area (Å²) in [5.74, 6) is -3.47. The Bertz CT molecular complexity index is 543. The van der Waals surface area contributed by atoms with E-state index in [1.807, 2.05) is 0 Å². The predicted molar refractivity (Wildman–Crippen MR) is 67.4 cm³/mol. The van der Waals surface area contributed by atoms with Crippen LogP contribution in [-0.4, -0.2) is 41.1 Å². The lowest BCUT2D eigenvalue weighted by atomic mass is 10.1. The van der Waals surface area contributed by atoms with Gasteiger partial charge in [-0.3, -0.25) is 9.59 Å². The molecule has 0 fully saturated rings. The van der Waals surface area contributed by atoms with Crippen LogP contribution in [0.1, 0.15) is 16.8 Å². The van der Waals surface area contributed by atoms with E-state index in [1.54, 1.807) is 0 Å². The van der Waals surface area contributed by atoms with Crippen molar-refractivity contribution < 1.29 is 29.3 Å². The van der Waals surface area contributed by atoms with Crippen molar-refractivity contribution in [3.05, 3.63) is 23.8 Å². The molecule has 1 aromatic carbocycles. The number of aliphatic carboxylic acids is 1. The second kappa shape index (κ2) is 6.41. The highest BCUT2D eigenvalue weighted by atomic mass is 16.5. The van der Waals surface area contributed by atoms with Crippen LogP contribution in [0.15, 0.2) is 18.2 Å². The fourth-order valence-corrected chi connectivity index (χ4v) is 1.51. The van der Waals surface area contributed by atoms with Crippen molar-refractivity contribution in [3.8, 4) is 11.5 Å². The summed E-state index contributed by atoms with van der Waals surface area (Å²) in [4.78, 5) is 33.5. The molecule has 0 saturated carbocycles. The number of nitrogens with one attached hydrogen (secondary N) is 1. The molecular formula is C12H14N2O6. The topological polar surface area (TPSA) is 139 Å². The summed E-state index contributed by atoms with van der Waals surface area (Å²) in [5.41, 5.74) is 4.73. The lowest BCUT2D eigenvalue weighted by molar-refractivity contribution is -0.140. The van der Waals surface area contributed by atoms with Crippen LogP contribution in [0.5, 0.6) is 11.5 Å². The van der Waals surface area contributed by atoms with E-state index in [0.717, 1.165) is 0 Å². The highest BCUT2D eigenvalue weighted by Crippen LogP contribution is 2.29. The van der Waals surface area contributed by atoms with E-state index in [1.165, 1.54) is 25.3 Å². The van der Waals surface area contributed by atoms with Crippen molar-refractivity contribution in [1.82, 2.24) is 5.32 Å². The molecule has 2 amide bonds. The van der Waals surface area contributed by atoms with Crippen molar-refractivity contribution >= 4 is 17.8 Å². The van der Waals surface area contributed by atoms with Gasteiger partial charge in [0.05, 0.1) is 19.1 Å². The van der Waals surface area contributed by atoms with Crippen LogP contribution in [0.3, 0.4) is 0 Å². The second-order valence-corrected chi connectivity index (χ2v) is 3.89. The predicted octanol–water partition coefficient (Wildman–Crippen LogP) is -0.541. The monoisotopic (exact) mass is 282 g/mol. The first kappa shape index (κ1) is 15.3. The minimum atomic E-state index is -1.47. The van der Waals surface area contributed by atoms with Crippen molar-refractivity contribution in [2.75, 3.05) is 7.11 Å². The first-order valence-electron chi connectivity index (χ1n) is 5.54. The molecule has 0 aromatic heterocycles. The molecule has 1 atom stereocenters. The van der Waals surface area contributed by atoms with Crippen molar-refractivity contribution in [2.24, 2.45) is 5.73 Å². The maximum atomic E-state index is 11.9. The molecule has 0 saturated heterocycles. The summed E-state index contributed by atoms with van der Waals surface area (Å²) in [6.07, 6.45) is -0.550. The van der Waals surface area contributed by atoms with Crippen LogP contribution in [0, 0.1) is 0 Å². The quantitative estimate of drug-likeness (QED) is 0.552. The van der Waals surface area contributed by atoms with E-state index in [2.05, 4.69) is 5.32 Å². The highest BCUT2D eigenvalue weighted by molar-refractivity contribution is 6.00. The Kier molecular flexibility index (Phi) is 4.90. The third-order valence-electron chi connectivity index (χ3n) is 2.47. The van der Waals surface area contributed by atoms with Crippen LogP contribution in [-0.2, 0) is 9.59 Å². The number of carboxylic acid groups (broad SMARTS) is 1. The van der Waals surface area contributed by atoms with Gasteiger partial charge in [0.1, 0.15) is 6.04 Å². The van der Waals surface area contributed by atoms with Crippen molar-refractivity contribution in [3.63, 3.8) is 0 Å². The summed E-state index contributed by atoms with van der Waals surface area (Å²) in [5, 5.41) is 20.7. The Morgan fingerprint density at radius 2 is 2.05 bits per heavy atom. The number of carbonyl (C=O) groups is 3. The number of benzene rings is 1. The van der Waals surface area contributed by atoms with Gasteiger partial charge in [0, 0.05) is 0 Å². The lowest BCUT2D eigenvalue weighted by Gasteiger charge is -2.14. The molecule has 1 rings (SSSR count). The molecule has 0 unspecified atom stereocenters. The molecule has 0 aliphatic rings. The van der Waals surface area contributed by atoms with Crippen molar-refractivity contribution in [2.45, 2.75) is 12.5 Å². The number of primary amides is 1. The summed E-state index contributed by atoms with van der Waals surface area (Å²) in [6, 6.07) is 2.71. The van der Waals surface area contributed by atoms with Gasteiger partial charge in [-0.15, -0.1) is 0 Å². The van der Waals surface area contributed by atoms with E-state index in [9.17, 15) is 19.5 Å². The van der Waals surface area contributed by atoms with Crippen LogP contribution < -0.4 is 15.8 Å². The molecule has 8 heteroatoms. The number of para-hydroxylation sites is 1. The Hall–Kier alpha value is -2.77. The minimum absolute atomic E-state index is 0.0689. The third-order valence-corrected chi connectivity index (χ3v) is 2.47. The number of hydrogen-bond acceptors (Lipinski definition) is 5. The van der Waals surface area contributed by atoms with Crippen molar-refractivity contribution in [1.29, 1.82) is 0 Å². The van der Waals surface area contributed by atoms with Crippen LogP contribution in [0.25, 0.3) is 0 Å². The van der Waals surface area contributed by atoms with Gasteiger partial charge >= 0.3 is 5.97 Å². The lowest BCUT2D eigenvalue weighted by Crippen LogP contribution is -2.43. The maximum absolute atomic E-state index is 11.9. The van der Waals surface area contributed by atoms with E-state index in [-0.39, 0.29) is 11.3 Å². The molecule has 1 aromatic rings. The number of carboxylic acids is 1. The zero-order chi connectivity index (χ0) is 15.3. The molecule has 20 heavy (non-hydrogen) atoms. The van der Waals surface area contributed by atoms with Gasteiger partial charge in [0.15, 0.2) is 11.5 Å². The number of ether oxygens (including phenoxy) is 1. The summed E-state index contributed by atoms with van der Waals surface area (Å²) in [7, 11) is 1.31. The van der Waals surface area contributed by atoms with Gasteiger partial charge in [-0.2, -0.15) is 0 Å².